The third-order valence-corrected chi connectivity index (χ3v) is 2.77. The Morgan fingerprint density at radius 1 is 1.60 bits per heavy atom. The van der Waals surface area contributed by atoms with E-state index < -0.39 is 0 Å². The number of halogens is 1. The van der Waals surface area contributed by atoms with E-state index in [1.165, 1.54) is 6.07 Å². The highest BCUT2D eigenvalue weighted by atomic mass is 127. The molecule has 15 heavy (non-hydrogen) atoms. The summed E-state index contributed by atoms with van der Waals surface area (Å²) in [5, 5.41) is 20.8. The van der Waals surface area contributed by atoms with E-state index in [4.69, 9.17) is 5.11 Å². The third kappa shape index (κ3) is 3.35. The maximum Gasteiger partial charge on any atom is 0.251 e. The van der Waals surface area contributed by atoms with Crippen molar-refractivity contribution in [3.63, 3.8) is 0 Å². The first kappa shape index (κ1) is 12.3. The van der Waals surface area contributed by atoms with Crippen molar-refractivity contribution in [2.45, 2.75) is 13.0 Å². The van der Waals surface area contributed by atoms with Gasteiger partial charge in [-0.3, -0.25) is 4.79 Å². The highest BCUT2D eigenvalue weighted by molar-refractivity contribution is 14.1. The van der Waals surface area contributed by atoms with E-state index in [2.05, 4.69) is 5.32 Å². The SMILES string of the molecule is CC(CO)NC(=O)c1ccc(I)c(O)c1. The second kappa shape index (κ2) is 5.32. The van der Waals surface area contributed by atoms with E-state index >= 15 is 0 Å². The topological polar surface area (TPSA) is 69.6 Å². The van der Waals surface area contributed by atoms with Crippen LogP contribution in [0.2, 0.25) is 0 Å². The molecule has 0 aromatic heterocycles. The lowest BCUT2D eigenvalue weighted by molar-refractivity contribution is 0.0922. The second-order valence-electron chi connectivity index (χ2n) is 3.22. The van der Waals surface area contributed by atoms with Gasteiger partial charge >= 0.3 is 0 Å². The molecule has 82 valence electrons. The fourth-order valence-corrected chi connectivity index (χ4v) is 1.34. The van der Waals surface area contributed by atoms with Crippen molar-refractivity contribution in [2.75, 3.05) is 6.61 Å². The van der Waals surface area contributed by atoms with Crippen molar-refractivity contribution in [2.24, 2.45) is 0 Å². The smallest absolute Gasteiger partial charge is 0.251 e. The first-order valence-electron chi connectivity index (χ1n) is 4.45. The first-order valence-corrected chi connectivity index (χ1v) is 5.52. The molecule has 0 aliphatic rings. The van der Waals surface area contributed by atoms with Crippen molar-refractivity contribution in [1.29, 1.82) is 0 Å². The first-order chi connectivity index (χ1) is 7.04. The molecule has 1 aromatic carbocycles. The third-order valence-electron chi connectivity index (χ3n) is 1.86. The van der Waals surface area contributed by atoms with Crippen molar-refractivity contribution < 1.29 is 15.0 Å². The number of carbonyl (C=O) groups excluding carboxylic acids is 1. The lowest BCUT2D eigenvalue weighted by atomic mass is 10.2. The van der Waals surface area contributed by atoms with Crippen molar-refractivity contribution in [3.8, 4) is 5.75 Å². The van der Waals surface area contributed by atoms with Gasteiger partial charge in [-0.15, -0.1) is 0 Å². The van der Waals surface area contributed by atoms with Gasteiger partial charge in [-0.2, -0.15) is 0 Å². The quantitative estimate of drug-likeness (QED) is 0.731. The van der Waals surface area contributed by atoms with Gasteiger partial charge in [0.25, 0.3) is 5.91 Å². The number of phenolic OH excluding ortho intramolecular Hbond substituents is 1. The summed E-state index contributed by atoms with van der Waals surface area (Å²) in [5.41, 5.74) is 0.383. The Labute approximate surface area is 101 Å². The van der Waals surface area contributed by atoms with Crippen molar-refractivity contribution in [3.05, 3.63) is 27.3 Å². The Hall–Kier alpha value is -0.820. The fraction of sp³-hybridized carbons (Fsp3) is 0.300. The summed E-state index contributed by atoms with van der Waals surface area (Å²) in [4.78, 5) is 11.5. The van der Waals surface area contributed by atoms with Gasteiger partial charge in [-0.05, 0) is 47.7 Å². The summed E-state index contributed by atoms with van der Waals surface area (Å²) < 4.78 is 0.694. The largest absolute Gasteiger partial charge is 0.507 e. The molecule has 1 unspecified atom stereocenters. The van der Waals surface area contributed by atoms with Crippen LogP contribution in [0.15, 0.2) is 18.2 Å². The van der Waals surface area contributed by atoms with Gasteiger partial charge in [0.1, 0.15) is 5.75 Å². The molecule has 0 bridgehead atoms. The van der Waals surface area contributed by atoms with Crippen molar-refractivity contribution >= 4 is 28.5 Å². The van der Waals surface area contributed by atoms with Crippen LogP contribution in [-0.4, -0.2) is 28.8 Å². The molecule has 5 heteroatoms. The minimum Gasteiger partial charge on any atom is -0.507 e. The van der Waals surface area contributed by atoms with Crippen LogP contribution in [0.4, 0.5) is 0 Å². The van der Waals surface area contributed by atoms with Gasteiger partial charge in [-0.1, -0.05) is 0 Å². The summed E-state index contributed by atoms with van der Waals surface area (Å²) in [6.07, 6.45) is 0. The number of phenols is 1. The second-order valence-corrected chi connectivity index (χ2v) is 4.39. The molecule has 4 nitrogen and oxygen atoms in total. The molecule has 1 atom stereocenters. The van der Waals surface area contributed by atoms with Crippen molar-refractivity contribution in [1.82, 2.24) is 5.32 Å². The molecule has 0 aliphatic carbocycles. The highest BCUT2D eigenvalue weighted by Gasteiger charge is 2.10. The molecule has 1 amide bonds. The maximum absolute atomic E-state index is 11.5. The Balaban J connectivity index is 2.78. The Morgan fingerprint density at radius 2 is 2.27 bits per heavy atom. The number of aliphatic hydroxyl groups is 1. The van der Waals surface area contributed by atoms with E-state index in [1.54, 1.807) is 19.1 Å². The van der Waals surface area contributed by atoms with Crippen LogP contribution in [0.3, 0.4) is 0 Å². The van der Waals surface area contributed by atoms with Crippen LogP contribution in [0.25, 0.3) is 0 Å². The van der Waals surface area contributed by atoms with E-state index in [-0.39, 0.29) is 24.3 Å². The maximum atomic E-state index is 11.5. The van der Waals surface area contributed by atoms with Gasteiger partial charge in [0, 0.05) is 11.6 Å². The number of hydrogen-bond acceptors (Lipinski definition) is 3. The lowest BCUT2D eigenvalue weighted by Crippen LogP contribution is -2.34. The molecule has 0 radical (unpaired) electrons. The minimum absolute atomic E-state index is 0.0832. The summed E-state index contributed by atoms with van der Waals surface area (Å²) in [5.74, 6) is -0.219. The summed E-state index contributed by atoms with van der Waals surface area (Å²) in [6.45, 7) is 1.59. The Morgan fingerprint density at radius 3 is 2.80 bits per heavy atom. The van der Waals surface area contributed by atoms with Gasteiger partial charge < -0.3 is 15.5 Å². The van der Waals surface area contributed by atoms with E-state index in [0.717, 1.165) is 0 Å². The molecule has 0 saturated heterocycles. The van der Waals surface area contributed by atoms with Crippen LogP contribution in [0.5, 0.6) is 5.75 Å². The highest BCUT2D eigenvalue weighted by Crippen LogP contribution is 2.20. The molecule has 0 fully saturated rings. The normalized spacial score (nSPS) is 12.2. The molecule has 0 aliphatic heterocycles. The molecule has 3 N–H and O–H groups in total. The molecule has 0 spiro atoms. The summed E-state index contributed by atoms with van der Waals surface area (Å²) in [6, 6.07) is 4.40. The van der Waals surface area contributed by atoms with Crippen LogP contribution in [0, 0.1) is 3.57 Å². The monoisotopic (exact) mass is 321 g/mol. The van der Waals surface area contributed by atoms with Crippen LogP contribution >= 0.6 is 22.6 Å². The molecule has 0 heterocycles. The summed E-state index contributed by atoms with van der Waals surface area (Å²) >= 11 is 1.98. The predicted molar refractivity (Wildman–Crippen MR) is 64.8 cm³/mol. The molecule has 1 aromatic rings. The number of aromatic hydroxyl groups is 1. The van der Waals surface area contributed by atoms with Crippen LogP contribution in [0.1, 0.15) is 17.3 Å². The number of hydrogen-bond donors (Lipinski definition) is 3. The van der Waals surface area contributed by atoms with Gasteiger partial charge in [0.2, 0.25) is 0 Å². The molecule has 0 saturated carbocycles. The van der Waals surface area contributed by atoms with E-state index in [1.807, 2.05) is 22.6 Å². The molecular weight excluding hydrogens is 309 g/mol. The minimum atomic E-state index is -0.303. The molecule has 1 rings (SSSR count). The fourth-order valence-electron chi connectivity index (χ4n) is 1.01. The van der Waals surface area contributed by atoms with Crippen LogP contribution < -0.4 is 5.32 Å². The van der Waals surface area contributed by atoms with Crippen LogP contribution in [-0.2, 0) is 0 Å². The Bertz CT molecular complexity index is 368. The Kier molecular flexibility index (Phi) is 4.34. The molecular formula is C10H12INO3. The van der Waals surface area contributed by atoms with Gasteiger partial charge in [0.05, 0.1) is 10.2 Å². The summed E-state index contributed by atoms with van der Waals surface area (Å²) in [7, 11) is 0. The number of amides is 1. The number of benzene rings is 1. The average Bonchev–Trinajstić information content (AvgIpc) is 2.21. The van der Waals surface area contributed by atoms with E-state index in [0.29, 0.717) is 9.13 Å². The number of aliphatic hydroxyl groups excluding tert-OH is 1. The number of rotatable bonds is 3. The van der Waals surface area contributed by atoms with Gasteiger partial charge in [-0.25, -0.2) is 0 Å². The van der Waals surface area contributed by atoms with Gasteiger partial charge in [0.15, 0.2) is 0 Å². The standard InChI is InChI=1S/C10H12INO3/c1-6(5-13)12-10(15)7-2-3-8(11)9(14)4-7/h2-4,6,13-14H,5H2,1H3,(H,12,15). The number of carbonyl (C=O) groups is 1. The average molecular weight is 321 g/mol. The zero-order chi connectivity index (χ0) is 11.4. The lowest BCUT2D eigenvalue weighted by Gasteiger charge is -2.10. The predicted octanol–water partition coefficient (Wildman–Crippen LogP) is 1.11. The van der Waals surface area contributed by atoms with E-state index in [9.17, 15) is 9.90 Å². The zero-order valence-corrected chi connectivity index (χ0v) is 10.4. The number of nitrogens with one attached hydrogen (secondary N) is 1. The zero-order valence-electron chi connectivity index (χ0n) is 8.20.